The van der Waals surface area contributed by atoms with E-state index in [1.54, 1.807) is 32.4 Å². The predicted molar refractivity (Wildman–Crippen MR) is 108 cm³/mol. The number of amides is 1. The van der Waals surface area contributed by atoms with E-state index in [0.717, 1.165) is 15.9 Å². The smallest absolute Gasteiger partial charge is 0.237 e. The summed E-state index contributed by atoms with van der Waals surface area (Å²) in [6.07, 6.45) is 0. The van der Waals surface area contributed by atoms with E-state index < -0.39 is 0 Å². The SMILES string of the molecule is COc1ccc(NC(=O)[C@@H](C)Sc2nc(C)nc3ccccc23)cc1OC. The van der Waals surface area contributed by atoms with E-state index in [0.29, 0.717) is 23.0 Å². The zero-order chi connectivity index (χ0) is 19.4. The molecule has 0 spiro atoms. The molecule has 0 radical (unpaired) electrons. The van der Waals surface area contributed by atoms with Gasteiger partial charge in [-0.1, -0.05) is 30.0 Å². The largest absolute Gasteiger partial charge is 0.493 e. The summed E-state index contributed by atoms with van der Waals surface area (Å²) in [6, 6.07) is 13.1. The van der Waals surface area contributed by atoms with Gasteiger partial charge in [0.2, 0.25) is 5.91 Å². The first kappa shape index (κ1) is 19.0. The molecule has 6 nitrogen and oxygen atoms in total. The number of nitrogens with zero attached hydrogens (tertiary/aromatic N) is 2. The Balaban J connectivity index is 1.77. The molecule has 0 unspecified atom stereocenters. The number of aromatic nitrogens is 2. The number of methoxy groups -OCH3 is 2. The normalized spacial score (nSPS) is 11.9. The van der Waals surface area contributed by atoms with E-state index in [4.69, 9.17) is 9.47 Å². The molecule has 1 amide bonds. The number of carbonyl (C=O) groups is 1. The fourth-order valence-corrected chi connectivity index (χ4v) is 3.61. The topological polar surface area (TPSA) is 73.3 Å². The lowest BCUT2D eigenvalue weighted by atomic mass is 10.2. The first-order valence-electron chi connectivity index (χ1n) is 8.44. The monoisotopic (exact) mass is 383 g/mol. The molecule has 1 heterocycles. The van der Waals surface area contributed by atoms with Gasteiger partial charge in [-0.25, -0.2) is 9.97 Å². The Morgan fingerprint density at radius 3 is 2.56 bits per heavy atom. The van der Waals surface area contributed by atoms with Gasteiger partial charge in [-0.3, -0.25) is 4.79 Å². The van der Waals surface area contributed by atoms with Crippen molar-refractivity contribution in [3.8, 4) is 11.5 Å². The zero-order valence-corrected chi connectivity index (χ0v) is 16.5. The van der Waals surface area contributed by atoms with Gasteiger partial charge in [0.05, 0.1) is 25.0 Å². The number of fused-ring (bicyclic) bond motifs is 1. The summed E-state index contributed by atoms with van der Waals surface area (Å²) in [5.74, 6) is 1.74. The van der Waals surface area contributed by atoms with E-state index in [1.165, 1.54) is 11.8 Å². The number of para-hydroxylation sites is 1. The second-order valence-corrected chi connectivity index (χ2v) is 7.24. The summed E-state index contributed by atoms with van der Waals surface area (Å²) < 4.78 is 10.5. The molecular formula is C20H21N3O3S. The minimum Gasteiger partial charge on any atom is -0.493 e. The van der Waals surface area contributed by atoms with E-state index in [1.807, 2.05) is 38.1 Å². The van der Waals surface area contributed by atoms with Gasteiger partial charge >= 0.3 is 0 Å². The molecule has 1 aromatic heterocycles. The molecule has 1 N–H and O–H groups in total. The van der Waals surface area contributed by atoms with Gasteiger partial charge < -0.3 is 14.8 Å². The Labute approximate surface area is 162 Å². The average molecular weight is 383 g/mol. The van der Waals surface area contributed by atoms with Gasteiger partial charge in [0.15, 0.2) is 11.5 Å². The number of benzene rings is 2. The molecule has 0 aliphatic carbocycles. The van der Waals surface area contributed by atoms with Crippen LogP contribution in [-0.2, 0) is 4.79 Å². The molecule has 7 heteroatoms. The summed E-state index contributed by atoms with van der Waals surface area (Å²) in [6.45, 7) is 3.71. The van der Waals surface area contributed by atoms with Crippen LogP contribution in [0.3, 0.4) is 0 Å². The van der Waals surface area contributed by atoms with Crippen molar-refractivity contribution in [2.75, 3.05) is 19.5 Å². The Morgan fingerprint density at radius 2 is 1.81 bits per heavy atom. The number of thioether (sulfide) groups is 1. The highest BCUT2D eigenvalue weighted by Crippen LogP contribution is 2.31. The van der Waals surface area contributed by atoms with Gasteiger partial charge in [-0.2, -0.15) is 0 Å². The van der Waals surface area contributed by atoms with Gasteiger partial charge in [0, 0.05) is 17.1 Å². The fourth-order valence-electron chi connectivity index (χ4n) is 2.63. The van der Waals surface area contributed by atoms with Crippen LogP contribution in [-0.4, -0.2) is 35.3 Å². The van der Waals surface area contributed by atoms with Crippen LogP contribution in [0.4, 0.5) is 5.69 Å². The molecule has 2 aromatic carbocycles. The summed E-state index contributed by atoms with van der Waals surface area (Å²) in [5, 5.41) is 4.32. The number of rotatable bonds is 6. The van der Waals surface area contributed by atoms with Crippen LogP contribution in [0.5, 0.6) is 11.5 Å². The van der Waals surface area contributed by atoms with Crippen molar-refractivity contribution in [2.45, 2.75) is 24.1 Å². The number of carbonyl (C=O) groups excluding carboxylic acids is 1. The number of hydrogen-bond acceptors (Lipinski definition) is 6. The quantitative estimate of drug-likeness (QED) is 0.511. The maximum absolute atomic E-state index is 12.6. The van der Waals surface area contributed by atoms with Gasteiger partial charge in [0.25, 0.3) is 0 Å². The fraction of sp³-hybridized carbons (Fsp3) is 0.250. The van der Waals surface area contributed by atoms with Gasteiger partial charge in [-0.05, 0) is 32.0 Å². The zero-order valence-electron chi connectivity index (χ0n) is 15.6. The number of ether oxygens (including phenoxy) is 2. The lowest BCUT2D eigenvalue weighted by molar-refractivity contribution is -0.115. The standard InChI is InChI=1S/C20H21N3O3S/c1-12(19(24)23-14-9-10-17(25-3)18(11-14)26-4)27-20-15-7-5-6-8-16(15)21-13(2)22-20/h5-12H,1-4H3,(H,23,24)/t12-/m1/s1. The Hall–Kier alpha value is -2.80. The van der Waals surface area contributed by atoms with E-state index >= 15 is 0 Å². The molecule has 27 heavy (non-hydrogen) atoms. The Morgan fingerprint density at radius 1 is 1.07 bits per heavy atom. The lowest BCUT2D eigenvalue weighted by Crippen LogP contribution is -2.22. The summed E-state index contributed by atoms with van der Waals surface area (Å²) in [5.41, 5.74) is 1.52. The molecule has 0 fully saturated rings. The van der Waals surface area contributed by atoms with Crippen molar-refractivity contribution < 1.29 is 14.3 Å². The molecule has 140 valence electrons. The summed E-state index contributed by atoms with van der Waals surface area (Å²) in [7, 11) is 3.13. The van der Waals surface area contributed by atoms with Crippen molar-refractivity contribution in [1.82, 2.24) is 9.97 Å². The minimum absolute atomic E-state index is 0.118. The van der Waals surface area contributed by atoms with Gasteiger partial charge in [-0.15, -0.1) is 0 Å². The second-order valence-electron chi connectivity index (χ2n) is 5.91. The van der Waals surface area contributed by atoms with Gasteiger partial charge in [0.1, 0.15) is 10.9 Å². The van der Waals surface area contributed by atoms with Crippen molar-refractivity contribution in [2.24, 2.45) is 0 Å². The molecular weight excluding hydrogens is 362 g/mol. The third-order valence-electron chi connectivity index (χ3n) is 3.99. The summed E-state index contributed by atoms with van der Waals surface area (Å²) >= 11 is 1.41. The molecule has 0 saturated heterocycles. The summed E-state index contributed by atoms with van der Waals surface area (Å²) in [4.78, 5) is 21.6. The van der Waals surface area contributed by atoms with E-state index in [9.17, 15) is 4.79 Å². The van der Waals surface area contributed by atoms with E-state index in [-0.39, 0.29) is 11.2 Å². The van der Waals surface area contributed by atoms with Crippen LogP contribution in [0.15, 0.2) is 47.5 Å². The number of nitrogens with one attached hydrogen (secondary N) is 1. The Kier molecular flexibility index (Phi) is 5.81. The maximum atomic E-state index is 12.6. The van der Waals surface area contributed by atoms with Crippen LogP contribution < -0.4 is 14.8 Å². The van der Waals surface area contributed by atoms with E-state index in [2.05, 4.69) is 15.3 Å². The van der Waals surface area contributed by atoms with Crippen LogP contribution in [0.1, 0.15) is 12.7 Å². The number of aryl methyl sites for hydroxylation is 1. The second kappa shape index (κ2) is 8.26. The molecule has 0 saturated carbocycles. The Bertz CT molecular complexity index is 978. The highest BCUT2D eigenvalue weighted by atomic mass is 32.2. The maximum Gasteiger partial charge on any atom is 0.237 e. The molecule has 3 rings (SSSR count). The molecule has 3 aromatic rings. The highest BCUT2D eigenvalue weighted by Gasteiger charge is 2.18. The molecule has 1 atom stereocenters. The first-order chi connectivity index (χ1) is 13.0. The average Bonchev–Trinajstić information content (AvgIpc) is 2.67. The van der Waals surface area contributed by atoms with Crippen LogP contribution in [0, 0.1) is 6.92 Å². The van der Waals surface area contributed by atoms with Crippen molar-refractivity contribution in [3.05, 3.63) is 48.3 Å². The van der Waals surface area contributed by atoms with Crippen LogP contribution in [0.2, 0.25) is 0 Å². The van der Waals surface area contributed by atoms with Crippen molar-refractivity contribution in [1.29, 1.82) is 0 Å². The third kappa shape index (κ3) is 4.31. The predicted octanol–water partition coefficient (Wildman–Crippen LogP) is 4.07. The van der Waals surface area contributed by atoms with Crippen LogP contribution >= 0.6 is 11.8 Å². The highest BCUT2D eigenvalue weighted by molar-refractivity contribution is 8.00. The molecule has 0 aliphatic rings. The van der Waals surface area contributed by atoms with Crippen molar-refractivity contribution in [3.63, 3.8) is 0 Å². The minimum atomic E-state index is -0.337. The lowest BCUT2D eigenvalue weighted by Gasteiger charge is -2.14. The third-order valence-corrected chi connectivity index (χ3v) is 5.09. The number of hydrogen-bond donors (Lipinski definition) is 1. The van der Waals surface area contributed by atoms with Crippen LogP contribution in [0.25, 0.3) is 10.9 Å². The number of anilines is 1. The molecule has 0 bridgehead atoms. The molecule has 0 aliphatic heterocycles. The first-order valence-corrected chi connectivity index (χ1v) is 9.32. The van der Waals surface area contributed by atoms with Crippen molar-refractivity contribution >= 4 is 34.3 Å².